The average molecular weight is 477 g/mol. The molecule has 4 heteroatoms. The fourth-order valence-corrected chi connectivity index (χ4v) is 4.19. The molecule has 4 nitrogen and oxygen atoms in total. The Kier molecular flexibility index (Phi) is 12.5. The first-order chi connectivity index (χ1) is 15.6. The van der Waals surface area contributed by atoms with E-state index in [2.05, 4.69) is 58.1 Å². The van der Waals surface area contributed by atoms with E-state index >= 15 is 0 Å². The van der Waals surface area contributed by atoms with Gasteiger partial charge in [-0.05, 0) is 113 Å². The Hall–Kier alpha value is -1.20. The van der Waals surface area contributed by atoms with Crippen molar-refractivity contribution in [3.05, 3.63) is 47.1 Å². The quantitative estimate of drug-likeness (QED) is 0.187. The fraction of sp³-hybridized carbons (Fsp3) is 0.733. The van der Waals surface area contributed by atoms with E-state index in [-0.39, 0.29) is 11.7 Å². The van der Waals surface area contributed by atoms with Crippen LogP contribution in [0.1, 0.15) is 113 Å². The molecular weight excluding hydrogens is 424 g/mol. The predicted molar refractivity (Wildman–Crippen MR) is 144 cm³/mol. The van der Waals surface area contributed by atoms with E-state index in [4.69, 9.17) is 4.74 Å². The highest BCUT2D eigenvalue weighted by molar-refractivity contribution is 5.11. The van der Waals surface area contributed by atoms with Gasteiger partial charge < -0.3 is 20.1 Å². The summed E-state index contributed by atoms with van der Waals surface area (Å²) >= 11 is 0. The number of aliphatic hydroxyl groups is 3. The zero-order valence-corrected chi connectivity index (χ0v) is 23.2. The molecule has 0 aromatic rings. The van der Waals surface area contributed by atoms with Gasteiger partial charge in [-0.1, -0.05) is 47.1 Å². The molecule has 196 valence electrons. The van der Waals surface area contributed by atoms with Gasteiger partial charge in [0, 0.05) is 0 Å². The number of hydrogen-bond acceptors (Lipinski definition) is 4. The van der Waals surface area contributed by atoms with E-state index in [1.807, 2.05) is 13.8 Å². The molecule has 34 heavy (non-hydrogen) atoms. The number of hydrogen-bond donors (Lipinski definition) is 3. The van der Waals surface area contributed by atoms with E-state index < -0.39 is 17.3 Å². The molecule has 0 bridgehead atoms. The van der Waals surface area contributed by atoms with Crippen LogP contribution in [0.25, 0.3) is 0 Å². The molecule has 1 rings (SSSR count). The lowest BCUT2D eigenvalue weighted by Crippen LogP contribution is -2.37. The van der Waals surface area contributed by atoms with Gasteiger partial charge in [0.15, 0.2) is 0 Å². The fourth-order valence-electron chi connectivity index (χ4n) is 4.19. The summed E-state index contributed by atoms with van der Waals surface area (Å²) < 4.78 is 6.11. The van der Waals surface area contributed by atoms with Crippen LogP contribution in [-0.2, 0) is 4.74 Å². The zero-order valence-electron chi connectivity index (χ0n) is 23.2. The molecule has 3 atom stereocenters. The molecule has 1 fully saturated rings. The maximum absolute atomic E-state index is 10.2. The lowest BCUT2D eigenvalue weighted by Gasteiger charge is -2.28. The SMILES string of the molecule is C/C(=C\CC/C=C(\C)CC/C=C(\C)CCC(O)C(C)(C)O)C/C=C/[C@]1(C)CC[C@@H](C(C)(C)O)O1. The van der Waals surface area contributed by atoms with Gasteiger partial charge in [0.1, 0.15) is 0 Å². The summed E-state index contributed by atoms with van der Waals surface area (Å²) in [5.74, 6) is 0. The lowest BCUT2D eigenvalue weighted by molar-refractivity contribution is -0.0999. The summed E-state index contributed by atoms with van der Waals surface area (Å²) in [6, 6.07) is 0. The van der Waals surface area contributed by atoms with Gasteiger partial charge in [-0.3, -0.25) is 0 Å². The van der Waals surface area contributed by atoms with Gasteiger partial charge >= 0.3 is 0 Å². The Morgan fingerprint density at radius 2 is 1.50 bits per heavy atom. The molecule has 0 spiro atoms. The number of rotatable bonds is 14. The van der Waals surface area contributed by atoms with Crippen molar-refractivity contribution < 1.29 is 20.1 Å². The molecule has 1 aliphatic heterocycles. The monoisotopic (exact) mass is 476 g/mol. The molecule has 0 aromatic heterocycles. The van der Waals surface area contributed by atoms with Crippen LogP contribution in [0, 0.1) is 0 Å². The molecule has 0 aliphatic carbocycles. The Labute approximate surface area is 209 Å². The van der Waals surface area contributed by atoms with E-state index in [0.717, 1.165) is 51.4 Å². The van der Waals surface area contributed by atoms with Crippen molar-refractivity contribution in [2.75, 3.05) is 0 Å². The van der Waals surface area contributed by atoms with Crippen molar-refractivity contribution in [3.63, 3.8) is 0 Å². The van der Waals surface area contributed by atoms with Gasteiger partial charge in [0.2, 0.25) is 0 Å². The number of aliphatic hydroxyl groups excluding tert-OH is 1. The predicted octanol–water partition coefficient (Wildman–Crippen LogP) is 6.95. The Morgan fingerprint density at radius 1 is 0.941 bits per heavy atom. The Morgan fingerprint density at radius 3 is 2.06 bits per heavy atom. The van der Waals surface area contributed by atoms with Crippen LogP contribution in [0.5, 0.6) is 0 Å². The second-order valence-corrected chi connectivity index (χ2v) is 11.7. The van der Waals surface area contributed by atoms with Crippen molar-refractivity contribution in [1.29, 1.82) is 0 Å². The Balaban J connectivity index is 2.31. The smallest absolute Gasteiger partial charge is 0.0869 e. The first-order valence-corrected chi connectivity index (χ1v) is 13.1. The maximum Gasteiger partial charge on any atom is 0.0869 e. The number of unbranched alkanes of at least 4 members (excludes halogenated alkanes) is 1. The molecule has 0 aromatic carbocycles. The standard InChI is InChI=1S/C30H52O4/c1-23(15-11-16-25(3)18-19-26(31)28(4,5)32)13-9-10-14-24(2)17-12-21-30(8)22-20-27(34-30)29(6,7)33/h12-14,16,21,26-27,31-33H,9-11,15,17-20,22H2,1-8H3/b21-12+,23-13+,24-14+,25-16+/t26?,27-,30+/m0/s1. The second kappa shape index (κ2) is 13.8. The highest BCUT2D eigenvalue weighted by Gasteiger charge is 2.40. The van der Waals surface area contributed by atoms with Crippen LogP contribution < -0.4 is 0 Å². The van der Waals surface area contributed by atoms with Crippen LogP contribution in [0.4, 0.5) is 0 Å². The molecular formula is C30H52O4. The van der Waals surface area contributed by atoms with E-state index in [0.29, 0.717) is 6.42 Å². The number of ether oxygens (including phenoxy) is 1. The van der Waals surface area contributed by atoms with Crippen molar-refractivity contribution in [1.82, 2.24) is 0 Å². The molecule has 0 saturated carbocycles. The maximum atomic E-state index is 10.2. The van der Waals surface area contributed by atoms with E-state index in [1.54, 1.807) is 13.8 Å². The molecule has 3 N–H and O–H groups in total. The van der Waals surface area contributed by atoms with E-state index in [1.165, 1.54) is 16.7 Å². The van der Waals surface area contributed by atoms with Crippen LogP contribution in [0.3, 0.4) is 0 Å². The molecule has 1 heterocycles. The van der Waals surface area contributed by atoms with Gasteiger partial charge in [0.05, 0.1) is 29.0 Å². The summed E-state index contributed by atoms with van der Waals surface area (Å²) in [4.78, 5) is 0. The van der Waals surface area contributed by atoms with Crippen LogP contribution >= 0.6 is 0 Å². The van der Waals surface area contributed by atoms with Crippen LogP contribution in [0.15, 0.2) is 47.1 Å². The normalized spacial score (nSPS) is 24.3. The third kappa shape index (κ3) is 12.5. The highest BCUT2D eigenvalue weighted by Crippen LogP contribution is 2.36. The van der Waals surface area contributed by atoms with Gasteiger partial charge in [-0.25, -0.2) is 0 Å². The number of allylic oxidation sites excluding steroid dienone is 7. The molecule has 0 amide bonds. The summed E-state index contributed by atoms with van der Waals surface area (Å²) in [5.41, 5.74) is 1.97. The van der Waals surface area contributed by atoms with Crippen molar-refractivity contribution in [2.45, 2.75) is 142 Å². The summed E-state index contributed by atoms with van der Waals surface area (Å²) in [6.07, 6.45) is 18.9. The Bertz CT molecular complexity index is 730. The minimum atomic E-state index is -1.04. The van der Waals surface area contributed by atoms with Crippen molar-refractivity contribution in [2.24, 2.45) is 0 Å². The van der Waals surface area contributed by atoms with E-state index in [9.17, 15) is 15.3 Å². The molecule has 0 radical (unpaired) electrons. The molecule has 1 unspecified atom stereocenters. The first kappa shape index (κ1) is 30.8. The first-order valence-electron chi connectivity index (χ1n) is 13.1. The third-order valence-electron chi connectivity index (χ3n) is 6.82. The highest BCUT2D eigenvalue weighted by atomic mass is 16.5. The zero-order chi connectivity index (χ0) is 26.0. The van der Waals surface area contributed by atoms with Gasteiger partial charge in [-0.2, -0.15) is 0 Å². The largest absolute Gasteiger partial charge is 0.390 e. The second-order valence-electron chi connectivity index (χ2n) is 11.7. The van der Waals surface area contributed by atoms with Gasteiger partial charge in [-0.15, -0.1) is 0 Å². The van der Waals surface area contributed by atoms with Gasteiger partial charge in [0.25, 0.3) is 0 Å². The molecule has 1 aliphatic rings. The lowest BCUT2D eigenvalue weighted by atomic mass is 9.95. The van der Waals surface area contributed by atoms with Crippen molar-refractivity contribution >= 4 is 0 Å². The van der Waals surface area contributed by atoms with Crippen LogP contribution in [-0.4, -0.2) is 44.3 Å². The summed E-state index contributed by atoms with van der Waals surface area (Å²) in [7, 11) is 0. The summed E-state index contributed by atoms with van der Waals surface area (Å²) in [5, 5.41) is 29.9. The minimum Gasteiger partial charge on any atom is -0.390 e. The average Bonchev–Trinajstić information content (AvgIpc) is 3.11. The third-order valence-corrected chi connectivity index (χ3v) is 6.82. The van der Waals surface area contributed by atoms with Crippen LogP contribution in [0.2, 0.25) is 0 Å². The van der Waals surface area contributed by atoms with Crippen molar-refractivity contribution in [3.8, 4) is 0 Å². The summed E-state index contributed by atoms with van der Waals surface area (Å²) in [6.45, 7) is 15.5. The molecule has 1 saturated heterocycles. The minimum absolute atomic E-state index is 0.0974. The topological polar surface area (TPSA) is 69.9 Å².